The lowest BCUT2D eigenvalue weighted by Crippen LogP contribution is -2.57. The zero-order chi connectivity index (χ0) is 6.85. The van der Waals surface area contributed by atoms with E-state index in [1.807, 2.05) is 58.0 Å². The molecule has 3 nitrogen and oxygen atoms in total. The van der Waals surface area contributed by atoms with Gasteiger partial charge in [-0.3, -0.25) is 0 Å². The predicted octanol–water partition coefficient (Wildman–Crippen LogP) is -1.60. The summed E-state index contributed by atoms with van der Waals surface area (Å²) in [6, 6.07) is 0. The fourth-order valence-corrected chi connectivity index (χ4v) is 0.951. The monoisotopic (exact) mass is 120 g/mol. The first-order valence-corrected chi connectivity index (χ1v) is 2.89. The molecule has 0 aromatic heterocycles. The molecule has 0 unspecified atom stereocenters. The molecular formula is C3H9B3N3. The van der Waals surface area contributed by atoms with Gasteiger partial charge in [-0.2, -0.15) is 0 Å². The summed E-state index contributed by atoms with van der Waals surface area (Å²) in [5.41, 5.74) is 0. The van der Waals surface area contributed by atoms with E-state index in [0.29, 0.717) is 0 Å². The van der Waals surface area contributed by atoms with E-state index in [0.717, 1.165) is 0 Å². The number of hydrogen-bond donors (Lipinski definition) is 0. The van der Waals surface area contributed by atoms with Gasteiger partial charge in [0.25, 0.3) is 22.6 Å². The molecule has 1 aliphatic rings. The lowest BCUT2D eigenvalue weighted by Gasteiger charge is -2.33. The van der Waals surface area contributed by atoms with Gasteiger partial charge in [0.1, 0.15) is 0 Å². The topological polar surface area (TPSA) is 9.72 Å². The van der Waals surface area contributed by atoms with Crippen molar-refractivity contribution in [2.24, 2.45) is 0 Å². The van der Waals surface area contributed by atoms with Crippen molar-refractivity contribution in [3.63, 3.8) is 0 Å². The average molecular weight is 120 g/mol. The molecule has 1 heterocycles. The Morgan fingerprint density at radius 1 is 0.667 bits per heavy atom. The van der Waals surface area contributed by atoms with Crippen molar-refractivity contribution in [2.75, 3.05) is 21.1 Å². The molecule has 0 atom stereocenters. The van der Waals surface area contributed by atoms with Gasteiger partial charge in [0.2, 0.25) is 0 Å². The Hall–Kier alpha value is 0.0748. The van der Waals surface area contributed by atoms with Gasteiger partial charge in [-0.25, -0.2) is 0 Å². The Morgan fingerprint density at radius 3 is 1.11 bits per heavy atom. The quantitative estimate of drug-likeness (QED) is 0.356. The molecule has 0 saturated carbocycles. The van der Waals surface area contributed by atoms with Crippen LogP contribution in [-0.4, -0.2) is 58.0 Å². The highest BCUT2D eigenvalue weighted by Crippen LogP contribution is 1.91. The van der Waals surface area contributed by atoms with Crippen molar-refractivity contribution in [2.45, 2.75) is 0 Å². The van der Waals surface area contributed by atoms with Crippen LogP contribution in [0.4, 0.5) is 0 Å². The van der Waals surface area contributed by atoms with Crippen molar-refractivity contribution in [1.29, 1.82) is 0 Å². The Labute approximate surface area is 58.8 Å². The van der Waals surface area contributed by atoms with Crippen LogP contribution < -0.4 is 0 Å². The van der Waals surface area contributed by atoms with Crippen molar-refractivity contribution in [3.05, 3.63) is 0 Å². The van der Waals surface area contributed by atoms with Crippen molar-refractivity contribution in [3.8, 4) is 0 Å². The molecule has 0 aliphatic carbocycles. The van der Waals surface area contributed by atoms with Gasteiger partial charge in [0.15, 0.2) is 0 Å². The summed E-state index contributed by atoms with van der Waals surface area (Å²) in [6.07, 6.45) is 0. The van der Waals surface area contributed by atoms with Crippen LogP contribution in [-0.2, 0) is 0 Å². The summed E-state index contributed by atoms with van der Waals surface area (Å²) < 4.78 is 6.00. The van der Waals surface area contributed by atoms with Crippen molar-refractivity contribution in [1.82, 2.24) is 14.2 Å². The molecular weight excluding hydrogens is 110 g/mol. The van der Waals surface area contributed by atoms with E-state index in [1.165, 1.54) is 0 Å². The second-order valence-corrected chi connectivity index (χ2v) is 2.34. The summed E-state index contributed by atoms with van der Waals surface area (Å²) in [4.78, 5) is 0. The molecule has 0 amide bonds. The molecule has 0 spiro atoms. The molecule has 1 fully saturated rings. The number of nitrogens with zero attached hydrogens (tertiary/aromatic N) is 3. The third-order valence-corrected chi connectivity index (χ3v) is 1.09. The molecule has 1 aliphatic heterocycles. The largest absolute Gasteiger partial charge is 0.367 e. The molecule has 1 saturated heterocycles. The number of rotatable bonds is 0. The van der Waals surface area contributed by atoms with E-state index in [-0.39, 0.29) is 0 Å². The second kappa shape index (κ2) is 2.77. The zero-order valence-corrected chi connectivity index (χ0v) is 6.07. The zero-order valence-electron chi connectivity index (χ0n) is 6.07. The van der Waals surface area contributed by atoms with E-state index < -0.39 is 0 Å². The second-order valence-electron chi connectivity index (χ2n) is 2.34. The maximum absolute atomic E-state index is 2.00. The minimum atomic E-state index is 2.00. The Kier molecular flexibility index (Phi) is 2.21. The first kappa shape index (κ1) is 7.19. The lowest BCUT2D eigenvalue weighted by atomic mass is 9.76. The minimum Gasteiger partial charge on any atom is -0.367 e. The minimum absolute atomic E-state index is 2.00. The highest BCUT2D eigenvalue weighted by atomic mass is 15.2. The normalized spacial score (nSPS) is 24.3. The average Bonchev–Trinajstić information content (AvgIpc) is 1.59. The fraction of sp³-hybridized carbons (Fsp3) is 1.00. The molecule has 0 N–H and O–H groups in total. The third kappa shape index (κ3) is 2.04. The van der Waals surface area contributed by atoms with Crippen LogP contribution in [0.5, 0.6) is 0 Å². The van der Waals surface area contributed by atoms with Crippen molar-refractivity contribution < 1.29 is 0 Å². The van der Waals surface area contributed by atoms with E-state index in [4.69, 9.17) is 0 Å². The van der Waals surface area contributed by atoms with Gasteiger partial charge in [0.05, 0.1) is 0 Å². The van der Waals surface area contributed by atoms with Gasteiger partial charge in [-0.15, -0.1) is 0 Å². The predicted molar refractivity (Wildman–Crippen MR) is 40.6 cm³/mol. The van der Waals surface area contributed by atoms with E-state index in [2.05, 4.69) is 0 Å². The van der Waals surface area contributed by atoms with E-state index in [9.17, 15) is 0 Å². The first-order chi connectivity index (χ1) is 4.18. The Bertz CT molecular complexity index is 75.3. The van der Waals surface area contributed by atoms with Gasteiger partial charge >= 0.3 is 0 Å². The fourth-order valence-electron chi connectivity index (χ4n) is 0.951. The van der Waals surface area contributed by atoms with Crippen LogP contribution >= 0.6 is 0 Å². The van der Waals surface area contributed by atoms with E-state index >= 15 is 0 Å². The third-order valence-electron chi connectivity index (χ3n) is 1.09. The van der Waals surface area contributed by atoms with E-state index in [1.54, 1.807) is 0 Å². The SMILES string of the molecule is CN1[B]N(C)[B]N(C)[B]1. The van der Waals surface area contributed by atoms with Gasteiger partial charge in [-0.05, 0) is 21.1 Å². The molecule has 0 bridgehead atoms. The maximum Gasteiger partial charge on any atom is 0.289 e. The van der Waals surface area contributed by atoms with Crippen LogP contribution in [0.15, 0.2) is 0 Å². The summed E-state index contributed by atoms with van der Waals surface area (Å²) in [6.45, 7) is 0. The summed E-state index contributed by atoms with van der Waals surface area (Å²) in [5.74, 6) is 0. The molecule has 3 radical (unpaired) electrons. The Morgan fingerprint density at radius 2 is 0.889 bits per heavy atom. The smallest absolute Gasteiger partial charge is 0.289 e. The van der Waals surface area contributed by atoms with Gasteiger partial charge in [0, 0.05) is 0 Å². The summed E-state index contributed by atoms with van der Waals surface area (Å²) in [5, 5.41) is 0. The van der Waals surface area contributed by atoms with Crippen molar-refractivity contribution >= 4 is 22.6 Å². The van der Waals surface area contributed by atoms with Crippen LogP contribution in [0, 0.1) is 0 Å². The summed E-state index contributed by atoms with van der Waals surface area (Å²) >= 11 is 0. The highest BCUT2D eigenvalue weighted by Gasteiger charge is 2.19. The first-order valence-electron chi connectivity index (χ1n) is 2.89. The van der Waals surface area contributed by atoms with Crippen LogP contribution in [0.2, 0.25) is 0 Å². The van der Waals surface area contributed by atoms with Crippen LogP contribution in [0.3, 0.4) is 0 Å². The Balaban J connectivity index is 2.34. The maximum atomic E-state index is 2.00. The lowest BCUT2D eigenvalue weighted by molar-refractivity contribution is 0.600. The molecule has 0 aromatic carbocycles. The molecule has 1 rings (SSSR count). The van der Waals surface area contributed by atoms with Crippen LogP contribution in [0.25, 0.3) is 0 Å². The van der Waals surface area contributed by atoms with Gasteiger partial charge < -0.3 is 14.2 Å². The van der Waals surface area contributed by atoms with Gasteiger partial charge in [-0.1, -0.05) is 0 Å². The molecule has 6 heteroatoms. The summed E-state index contributed by atoms with van der Waals surface area (Å²) in [7, 11) is 12.0. The molecule has 45 valence electrons. The molecule has 0 aromatic rings. The molecule has 9 heavy (non-hydrogen) atoms. The standard InChI is InChI=1S/C3H9B3N3/c1-7-4-8(2)6-9(3)5-7/h1-3H3. The van der Waals surface area contributed by atoms with Crippen LogP contribution in [0.1, 0.15) is 0 Å². The highest BCUT2D eigenvalue weighted by molar-refractivity contribution is 6.64. The number of hydrogen-bond acceptors (Lipinski definition) is 3.